The fourth-order valence-electron chi connectivity index (χ4n) is 2.79. The SMILES string of the molecule is COc1ccc(C(=O)CN(C)C2CCCN(C)C2)cc1F. The molecule has 1 aliphatic rings. The van der Waals surface area contributed by atoms with Gasteiger partial charge in [-0.1, -0.05) is 0 Å². The van der Waals surface area contributed by atoms with Crippen molar-refractivity contribution in [2.75, 3.05) is 40.8 Å². The van der Waals surface area contributed by atoms with Crippen LogP contribution in [0.25, 0.3) is 0 Å². The summed E-state index contributed by atoms with van der Waals surface area (Å²) in [6.07, 6.45) is 2.25. The van der Waals surface area contributed by atoms with Gasteiger partial charge in [0.25, 0.3) is 0 Å². The van der Waals surface area contributed by atoms with Crippen LogP contribution in [0.1, 0.15) is 23.2 Å². The van der Waals surface area contributed by atoms with Gasteiger partial charge in [-0.05, 0) is 51.7 Å². The lowest BCUT2D eigenvalue weighted by Crippen LogP contribution is -2.46. The fraction of sp³-hybridized carbons (Fsp3) is 0.562. The molecule has 0 aromatic heterocycles. The number of hydrogen-bond acceptors (Lipinski definition) is 4. The number of piperidine rings is 1. The molecule has 0 amide bonds. The van der Waals surface area contributed by atoms with Gasteiger partial charge in [-0.25, -0.2) is 4.39 Å². The third-order valence-corrected chi connectivity index (χ3v) is 4.09. The first-order chi connectivity index (χ1) is 10.0. The van der Waals surface area contributed by atoms with Crippen molar-refractivity contribution in [2.45, 2.75) is 18.9 Å². The molecule has 2 rings (SSSR count). The zero-order valence-electron chi connectivity index (χ0n) is 12.9. The maximum absolute atomic E-state index is 13.7. The number of rotatable bonds is 5. The minimum Gasteiger partial charge on any atom is -0.494 e. The van der Waals surface area contributed by atoms with Crippen LogP contribution < -0.4 is 4.74 Å². The van der Waals surface area contributed by atoms with Crippen molar-refractivity contribution in [1.82, 2.24) is 9.80 Å². The van der Waals surface area contributed by atoms with Gasteiger partial charge in [0.15, 0.2) is 17.3 Å². The second kappa shape index (κ2) is 7.00. The first-order valence-corrected chi connectivity index (χ1v) is 7.26. The maximum Gasteiger partial charge on any atom is 0.176 e. The Bertz CT molecular complexity index is 507. The number of benzene rings is 1. The van der Waals surface area contributed by atoms with Crippen molar-refractivity contribution in [3.8, 4) is 5.75 Å². The van der Waals surface area contributed by atoms with Crippen LogP contribution in [0.15, 0.2) is 18.2 Å². The largest absolute Gasteiger partial charge is 0.494 e. The van der Waals surface area contributed by atoms with Gasteiger partial charge in [-0.15, -0.1) is 0 Å². The summed E-state index contributed by atoms with van der Waals surface area (Å²) in [5.41, 5.74) is 0.393. The van der Waals surface area contributed by atoms with Crippen LogP contribution in [0, 0.1) is 5.82 Å². The second-order valence-corrected chi connectivity index (χ2v) is 5.75. The van der Waals surface area contributed by atoms with Crippen LogP contribution in [0.2, 0.25) is 0 Å². The third kappa shape index (κ3) is 4.02. The smallest absolute Gasteiger partial charge is 0.176 e. The summed E-state index contributed by atoms with van der Waals surface area (Å²) in [5.74, 6) is -0.399. The van der Waals surface area contributed by atoms with E-state index in [1.54, 1.807) is 6.07 Å². The third-order valence-electron chi connectivity index (χ3n) is 4.09. The average molecular weight is 294 g/mol. The molecule has 1 heterocycles. The molecule has 21 heavy (non-hydrogen) atoms. The van der Waals surface area contributed by atoms with Crippen molar-refractivity contribution in [3.63, 3.8) is 0 Å². The standard InChI is InChI=1S/C16H23FN2O2/c1-18-8-4-5-13(10-18)19(2)11-15(20)12-6-7-16(21-3)14(17)9-12/h6-7,9,13H,4-5,8,10-11H2,1-3H3. The maximum atomic E-state index is 13.7. The number of likely N-dealkylation sites (N-methyl/N-ethyl adjacent to an activating group) is 2. The Kier molecular flexibility index (Phi) is 5.31. The Balaban J connectivity index is 1.98. The second-order valence-electron chi connectivity index (χ2n) is 5.75. The minimum absolute atomic E-state index is 0.0627. The van der Waals surface area contributed by atoms with Gasteiger partial charge in [0, 0.05) is 18.2 Å². The van der Waals surface area contributed by atoms with Gasteiger partial charge >= 0.3 is 0 Å². The Morgan fingerprint density at radius 2 is 2.29 bits per heavy atom. The number of carbonyl (C=O) groups is 1. The van der Waals surface area contributed by atoms with E-state index < -0.39 is 5.82 Å². The van der Waals surface area contributed by atoms with Crippen molar-refractivity contribution < 1.29 is 13.9 Å². The number of likely N-dealkylation sites (tertiary alicyclic amines) is 1. The summed E-state index contributed by atoms with van der Waals surface area (Å²) < 4.78 is 18.5. The highest BCUT2D eigenvalue weighted by molar-refractivity contribution is 5.97. The predicted octanol–water partition coefficient (Wildman–Crippen LogP) is 2.04. The molecule has 0 N–H and O–H groups in total. The first kappa shape index (κ1) is 15.9. The number of Topliss-reactive ketones (excluding diaryl/α,β-unsaturated/α-hetero) is 1. The van der Waals surface area contributed by atoms with E-state index in [0.29, 0.717) is 18.2 Å². The first-order valence-electron chi connectivity index (χ1n) is 7.26. The summed E-state index contributed by atoms with van der Waals surface area (Å²) in [7, 11) is 5.47. The molecule has 1 atom stereocenters. The Morgan fingerprint density at radius 1 is 1.52 bits per heavy atom. The van der Waals surface area contributed by atoms with Crippen LogP contribution in [0.5, 0.6) is 5.75 Å². The number of halogens is 1. The van der Waals surface area contributed by atoms with Crippen molar-refractivity contribution in [3.05, 3.63) is 29.6 Å². The average Bonchev–Trinajstić information content (AvgIpc) is 2.47. The van der Waals surface area contributed by atoms with Crippen LogP contribution in [-0.4, -0.2) is 62.5 Å². The zero-order chi connectivity index (χ0) is 15.4. The van der Waals surface area contributed by atoms with E-state index in [4.69, 9.17) is 4.74 Å². The van der Waals surface area contributed by atoms with Gasteiger partial charge in [0.2, 0.25) is 0 Å². The highest BCUT2D eigenvalue weighted by Gasteiger charge is 2.23. The lowest BCUT2D eigenvalue weighted by Gasteiger charge is -2.35. The van der Waals surface area contributed by atoms with Crippen molar-refractivity contribution >= 4 is 5.78 Å². The van der Waals surface area contributed by atoms with E-state index in [-0.39, 0.29) is 11.5 Å². The van der Waals surface area contributed by atoms with Gasteiger partial charge in [0.05, 0.1) is 13.7 Å². The molecule has 1 aromatic carbocycles. The van der Waals surface area contributed by atoms with Crippen LogP contribution in [0.3, 0.4) is 0 Å². The highest BCUT2D eigenvalue weighted by atomic mass is 19.1. The normalized spacial score (nSPS) is 19.8. The molecular weight excluding hydrogens is 271 g/mol. The van der Waals surface area contributed by atoms with Crippen molar-refractivity contribution in [2.24, 2.45) is 0 Å². The van der Waals surface area contributed by atoms with E-state index in [2.05, 4.69) is 16.8 Å². The van der Waals surface area contributed by atoms with Gasteiger partial charge in [0.1, 0.15) is 0 Å². The topological polar surface area (TPSA) is 32.8 Å². The van der Waals surface area contributed by atoms with Crippen LogP contribution >= 0.6 is 0 Å². The molecular formula is C16H23FN2O2. The Labute approximate surface area is 125 Å². The summed E-state index contributed by atoms with van der Waals surface area (Å²) in [5, 5.41) is 0. The Morgan fingerprint density at radius 3 is 2.90 bits per heavy atom. The summed E-state index contributed by atoms with van der Waals surface area (Å²) >= 11 is 0. The molecule has 1 fully saturated rings. The van der Waals surface area contributed by atoms with Gasteiger partial charge < -0.3 is 9.64 Å². The molecule has 1 aromatic rings. The van der Waals surface area contributed by atoms with Gasteiger partial charge in [-0.2, -0.15) is 0 Å². The molecule has 4 nitrogen and oxygen atoms in total. The van der Waals surface area contributed by atoms with Crippen LogP contribution in [-0.2, 0) is 0 Å². The number of nitrogens with zero attached hydrogens (tertiary/aromatic N) is 2. The van der Waals surface area contributed by atoms with E-state index in [0.717, 1.165) is 25.9 Å². The van der Waals surface area contributed by atoms with E-state index in [1.807, 2.05) is 7.05 Å². The number of ether oxygens (including phenoxy) is 1. The number of hydrogen-bond donors (Lipinski definition) is 0. The number of carbonyl (C=O) groups excluding carboxylic acids is 1. The summed E-state index contributed by atoms with van der Waals surface area (Å²) in [6, 6.07) is 4.75. The fourth-order valence-corrected chi connectivity index (χ4v) is 2.79. The van der Waals surface area contributed by atoms with Crippen LogP contribution in [0.4, 0.5) is 4.39 Å². The molecule has 1 aliphatic heterocycles. The zero-order valence-corrected chi connectivity index (χ0v) is 12.9. The number of ketones is 1. The highest BCUT2D eigenvalue weighted by Crippen LogP contribution is 2.19. The molecule has 0 aliphatic carbocycles. The molecule has 0 spiro atoms. The molecule has 5 heteroatoms. The molecule has 0 saturated carbocycles. The molecule has 0 radical (unpaired) electrons. The minimum atomic E-state index is -0.497. The molecule has 0 bridgehead atoms. The quantitative estimate of drug-likeness (QED) is 0.778. The molecule has 1 saturated heterocycles. The van der Waals surface area contributed by atoms with Gasteiger partial charge in [-0.3, -0.25) is 9.69 Å². The predicted molar refractivity (Wildman–Crippen MR) is 80.4 cm³/mol. The van der Waals surface area contributed by atoms with E-state index in [9.17, 15) is 9.18 Å². The number of methoxy groups -OCH3 is 1. The lowest BCUT2D eigenvalue weighted by molar-refractivity contribution is 0.0857. The summed E-state index contributed by atoms with van der Waals surface area (Å²) in [6.45, 7) is 2.40. The Hall–Kier alpha value is -1.46. The lowest BCUT2D eigenvalue weighted by atomic mass is 10.0. The monoisotopic (exact) mass is 294 g/mol. The van der Waals surface area contributed by atoms with E-state index >= 15 is 0 Å². The molecule has 1 unspecified atom stereocenters. The summed E-state index contributed by atoms with van der Waals surface area (Å²) in [4.78, 5) is 16.6. The van der Waals surface area contributed by atoms with Crippen molar-refractivity contribution in [1.29, 1.82) is 0 Å². The molecule has 116 valence electrons. The van der Waals surface area contributed by atoms with E-state index in [1.165, 1.54) is 19.2 Å².